The number of likely N-dealkylation sites (N-methyl/N-ethyl adjacent to an activating group) is 2. The number of hydrogen-bond acceptors (Lipinski definition) is 4. The average Bonchev–Trinajstić information content (AvgIpc) is 2.79. The second kappa shape index (κ2) is 7.72. The second-order valence-electron chi connectivity index (χ2n) is 5.59. The molecule has 1 aliphatic rings. The van der Waals surface area contributed by atoms with E-state index in [1.54, 1.807) is 0 Å². The molecule has 2 atom stereocenters. The first-order valence-corrected chi connectivity index (χ1v) is 8.61. The summed E-state index contributed by atoms with van der Waals surface area (Å²) in [5.41, 5.74) is 2.37. The van der Waals surface area contributed by atoms with E-state index in [0.29, 0.717) is 6.04 Å². The lowest BCUT2D eigenvalue weighted by Crippen LogP contribution is -2.52. The number of aryl methyl sites for hydroxylation is 2. The van der Waals surface area contributed by atoms with Crippen LogP contribution in [0.4, 0.5) is 0 Å². The standard InChI is InChI=1S/C15H27BrN4O/c1-5-11-15(16)13(19(4)18-11)9-12(17-3)14-10-20(6-2)7-8-21-14/h12,14,17H,5-10H2,1-4H3. The first kappa shape index (κ1) is 16.9. The molecular weight excluding hydrogens is 332 g/mol. The van der Waals surface area contributed by atoms with Gasteiger partial charge in [-0.2, -0.15) is 5.10 Å². The second-order valence-corrected chi connectivity index (χ2v) is 6.38. The molecule has 0 aromatic carbocycles. The molecule has 120 valence electrons. The summed E-state index contributed by atoms with van der Waals surface area (Å²) in [5, 5.41) is 8.02. The molecule has 0 radical (unpaired) electrons. The van der Waals surface area contributed by atoms with Gasteiger partial charge in [-0.25, -0.2) is 0 Å². The smallest absolute Gasteiger partial charge is 0.0858 e. The van der Waals surface area contributed by atoms with Crippen molar-refractivity contribution < 1.29 is 4.74 Å². The Balaban J connectivity index is 2.10. The summed E-state index contributed by atoms with van der Waals surface area (Å²) in [4.78, 5) is 2.45. The molecule has 1 saturated heterocycles. The largest absolute Gasteiger partial charge is 0.374 e. The van der Waals surface area contributed by atoms with Crippen molar-refractivity contribution in [2.24, 2.45) is 7.05 Å². The highest BCUT2D eigenvalue weighted by Crippen LogP contribution is 2.24. The van der Waals surface area contributed by atoms with Crippen molar-refractivity contribution in [3.8, 4) is 0 Å². The number of halogens is 1. The lowest BCUT2D eigenvalue weighted by molar-refractivity contribution is -0.0438. The highest BCUT2D eigenvalue weighted by atomic mass is 79.9. The van der Waals surface area contributed by atoms with Crippen LogP contribution in [0.5, 0.6) is 0 Å². The summed E-state index contributed by atoms with van der Waals surface area (Å²) < 4.78 is 9.14. The monoisotopic (exact) mass is 358 g/mol. The third-order valence-electron chi connectivity index (χ3n) is 4.36. The molecule has 1 fully saturated rings. The highest BCUT2D eigenvalue weighted by molar-refractivity contribution is 9.10. The van der Waals surface area contributed by atoms with E-state index in [1.807, 2.05) is 18.8 Å². The summed E-state index contributed by atoms with van der Waals surface area (Å²) in [6, 6.07) is 0.302. The minimum atomic E-state index is 0.232. The Labute approximate surface area is 136 Å². The molecular formula is C15H27BrN4O. The van der Waals surface area contributed by atoms with Crippen LogP contribution in [-0.2, 0) is 24.6 Å². The predicted octanol–water partition coefficient (Wildman–Crippen LogP) is 1.60. The molecule has 0 aliphatic carbocycles. The number of ether oxygens (including phenoxy) is 1. The van der Waals surface area contributed by atoms with E-state index < -0.39 is 0 Å². The normalized spacial score (nSPS) is 21.7. The number of nitrogens with one attached hydrogen (secondary N) is 1. The van der Waals surface area contributed by atoms with Crippen LogP contribution in [0, 0.1) is 0 Å². The minimum absolute atomic E-state index is 0.232. The Bertz CT molecular complexity index is 463. The van der Waals surface area contributed by atoms with Gasteiger partial charge in [0, 0.05) is 32.6 Å². The van der Waals surface area contributed by atoms with Gasteiger partial charge in [-0.1, -0.05) is 13.8 Å². The van der Waals surface area contributed by atoms with Crippen LogP contribution in [0.25, 0.3) is 0 Å². The first-order valence-electron chi connectivity index (χ1n) is 7.82. The molecule has 0 amide bonds. The van der Waals surface area contributed by atoms with Gasteiger partial charge in [-0.05, 0) is 35.9 Å². The number of rotatable bonds is 6. The molecule has 2 heterocycles. The zero-order valence-electron chi connectivity index (χ0n) is 13.5. The van der Waals surface area contributed by atoms with Gasteiger partial charge in [0.25, 0.3) is 0 Å². The van der Waals surface area contributed by atoms with Crippen LogP contribution >= 0.6 is 15.9 Å². The molecule has 0 spiro atoms. The molecule has 6 heteroatoms. The fourth-order valence-electron chi connectivity index (χ4n) is 2.93. The lowest BCUT2D eigenvalue weighted by Gasteiger charge is -2.36. The Morgan fingerprint density at radius 1 is 1.48 bits per heavy atom. The number of nitrogens with zero attached hydrogens (tertiary/aromatic N) is 3. The first-order chi connectivity index (χ1) is 10.1. The van der Waals surface area contributed by atoms with Gasteiger partial charge >= 0.3 is 0 Å². The van der Waals surface area contributed by atoms with Gasteiger partial charge in [-0.15, -0.1) is 0 Å². The van der Waals surface area contributed by atoms with Gasteiger partial charge in [0.1, 0.15) is 0 Å². The molecule has 1 N–H and O–H groups in total. The van der Waals surface area contributed by atoms with Gasteiger partial charge in [0.05, 0.1) is 28.6 Å². The maximum atomic E-state index is 6.00. The SMILES string of the molecule is CCc1nn(C)c(CC(NC)C2CN(CC)CCO2)c1Br. The molecule has 0 bridgehead atoms. The summed E-state index contributed by atoms with van der Waals surface area (Å²) in [5.74, 6) is 0. The predicted molar refractivity (Wildman–Crippen MR) is 88.7 cm³/mol. The number of morpholine rings is 1. The minimum Gasteiger partial charge on any atom is -0.374 e. The van der Waals surface area contributed by atoms with Gasteiger partial charge < -0.3 is 10.1 Å². The molecule has 1 aromatic heterocycles. The van der Waals surface area contributed by atoms with E-state index in [4.69, 9.17) is 4.74 Å². The van der Waals surface area contributed by atoms with E-state index in [1.165, 1.54) is 5.69 Å². The number of hydrogen-bond donors (Lipinski definition) is 1. The Kier molecular flexibility index (Phi) is 6.22. The molecule has 1 aromatic rings. The summed E-state index contributed by atoms with van der Waals surface area (Å²) in [6.07, 6.45) is 2.10. The fraction of sp³-hybridized carbons (Fsp3) is 0.800. The average molecular weight is 359 g/mol. The van der Waals surface area contributed by atoms with Crippen LogP contribution in [0.3, 0.4) is 0 Å². The summed E-state index contributed by atoms with van der Waals surface area (Å²) in [6.45, 7) is 8.30. The Morgan fingerprint density at radius 2 is 2.24 bits per heavy atom. The van der Waals surface area contributed by atoms with E-state index in [-0.39, 0.29) is 6.10 Å². The van der Waals surface area contributed by atoms with E-state index in [9.17, 15) is 0 Å². The van der Waals surface area contributed by atoms with Crippen molar-refractivity contribution >= 4 is 15.9 Å². The maximum Gasteiger partial charge on any atom is 0.0858 e. The van der Waals surface area contributed by atoms with Gasteiger partial charge in [0.15, 0.2) is 0 Å². The fourth-order valence-corrected chi connectivity index (χ4v) is 3.71. The molecule has 2 unspecified atom stereocenters. The summed E-state index contributed by atoms with van der Waals surface area (Å²) >= 11 is 3.71. The highest BCUT2D eigenvalue weighted by Gasteiger charge is 2.28. The van der Waals surface area contributed by atoms with Gasteiger partial charge in [0.2, 0.25) is 0 Å². The third kappa shape index (κ3) is 3.86. The molecule has 1 aliphatic heterocycles. The van der Waals surface area contributed by atoms with E-state index in [2.05, 4.69) is 45.1 Å². The quantitative estimate of drug-likeness (QED) is 0.838. The van der Waals surface area contributed by atoms with Crippen molar-refractivity contribution in [3.05, 3.63) is 15.9 Å². The van der Waals surface area contributed by atoms with Crippen molar-refractivity contribution in [1.82, 2.24) is 20.0 Å². The van der Waals surface area contributed by atoms with Crippen molar-refractivity contribution in [3.63, 3.8) is 0 Å². The summed E-state index contributed by atoms with van der Waals surface area (Å²) in [7, 11) is 4.04. The van der Waals surface area contributed by atoms with Crippen LogP contribution < -0.4 is 5.32 Å². The molecule has 21 heavy (non-hydrogen) atoms. The van der Waals surface area contributed by atoms with Gasteiger partial charge in [-0.3, -0.25) is 9.58 Å². The molecule has 5 nitrogen and oxygen atoms in total. The topological polar surface area (TPSA) is 42.3 Å². The maximum absolute atomic E-state index is 6.00. The van der Waals surface area contributed by atoms with Crippen LogP contribution in [0.1, 0.15) is 25.2 Å². The van der Waals surface area contributed by atoms with Crippen LogP contribution in [0.2, 0.25) is 0 Å². The van der Waals surface area contributed by atoms with Crippen molar-refractivity contribution in [2.75, 3.05) is 33.3 Å². The molecule has 0 saturated carbocycles. The van der Waals surface area contributed by atoms with Crippen molar-refractivity contribution in [1.29, 1.82) is 0 Å². The van der Waals surface area contributed by atoms with Crippen LogP contribution in [0.15, 0.2) is 4.47 Å². The van der Waals surface area contributed by atoms with E-state index in [0.717, 1.165) is 49.2 Å². The van der Waals surface area contributed by atoms with Crippen molar-refractivity contribution in [2.45, 2.75) is 38.8 Å². The molecule has 2 rings (SSSR count). The lowest BCUT2D eigenvalue weighted by atomic mass is 10.0. The third-order valence-corrected chi connectivity index (χ3v) is 5.28. The Hall–Kier alpha value is -0.430. The zero-order chi connectivity index (χ0) is 15.4. The van der Waals surface area contributed by atoms with Crippen LogP contribution in [-0.4, -0.2) is 60.1 Å². The Morgan fingerprint density at radius 3 is 2.81 bits per heavy atom. The van der Waals surface area contributed by atoms with E-state index >= 15 is 0 Å². The zero-order valence-corrected chi connectivity index (χ0v) is 15.1. The number of aromatic nitrogens is 2.